The van der Waals surface area contributed by atoms with E-state index in [1.165, 1.54) is 11.3 Å². The molecule has 1 saturated heterocycles. The van der Waals surface area contributed by atoms with Crippen molar-refractivity contribution in [3.05, 3.63) is 83.4 Å². The Morgan fingerprint density at radius 2 is 1.85 bits per heavy atom. The number of hydrogen-bond acceptors (Lipinski definition) is 4. The monoisotopic (exact) mass is 465 g/mol. The highest BCUT2D eigenvalue weighted by molar-refractivity contribution is 6.30. The third-order valence-corrected chi connectivity index (χ3v) is 6.74. The number of rotatable bonds is 8. The van der Waals surface area contributed by atoms with Gasteiger partial charge in [-0.1, -0.05) is 41.9 Å². The number of aromatic nitrogens is 2. The van der Waals surface area contributed by atoms with Crippen LogP contribution in [0.15, 0.2) is 67.1 Å². The van der Waals surface area contributed by atoms with Crippen LogP contribution in [0.2, 0.25) is 5.02 Å². The molecule has 1 N–H and O–H groups in total. The standard InChI is InChI=1S/C26H32ClN5O/c1-21-18-30(20-29-21)14-12-25(33)28-13-15-32-17-16-31(24-10-8-23(27)9-11-24)19-26(32,2)22-6-4-3-5-7-22/h3-11,18,20H,12-17,19H2,1-2H3,(H,28,33). The van der Waals surface area contributed by atoms with Gasteiger partial charge in [-0.2, -0.15) is 0 Å². The molecule has 6 nitrogen and oxygen atoms in total. The van der Waals surface area contributed by atoms with Crippen LogP contribution in [0.4, 0.5) is 5.69 Å². The highest BCUT2D eigenvalue weighted by atomic mass is 35.5. The van der Waals surface area contributed by atoms with E-state index in [9.17, 15) is 4.79 Å². The molecule has 1 aliphatic heterocycles. The van der Waals surface area contributed by atoms with Gasteiger partial charge in [-0.05, 0) is 43.7 Å². The lowest BCUT2D eigenvalue weighted by Gasteiger charge is -2.50. The molecule has 4 rings (SSSR count). The molecule has 0 bridgehead atoms. The summed E-state index contributed by atoms with van der Waals surface area (Å²) in [5.41, 5.74) is 3.26. The van der Waals surface area contributed by atoms with E-state index >= 15 is 0 Å². The Kier molecular flexibility index (Phi) is 7.36. The topological polar surface area (TPSA) is 53.4 Å². The summed E-state index contributed by atoms with van der Waals surface area (Å²) in [6, 6.07) is 18.7. The third-order valence-electron chi connectivity index (χ3n) is 6.49. The highest BCUT2D eigenvalue weighted by Crippen LogP contribution is 2.34. The van der Waals surface area contributed by atoms with Crippen molar-refractivity contribution < 1.29 is 4.79 Å². The SMILES string of the molecule is Cc1cn(CCC(=O)NCCN2CCN(c3ccc(Cl)cc3)CC2(C)c2ccccc2)cn1. The maximum atomic E-state index is 12.4. The van der Waals surface area contributed by atoms with Gasteiger partial charge in [0.05, 0.1) is 17.6 Å². The van der Waals surface area contributed by atoms with E-state index in [1.54, 1.807) is 6.33 Å². The number of nitrogens with zero attached hydrogens (tertiary/aromatic N) is 4. The summed E-state index contributed by atoms with van der Waals surface area (Å²) < 4.78 is 1.96. The molecule has 3 aromatic rings. The van der Waals surface area contributed by atoms with Crippen LogP contribution in [0.5, 0.6) is 0 Å². The maximum Gasteiger partial charge on any atom is 0.221 e. The Morgan fingerprint density at radius 3 is 2.55 bits per heavy atom. The number of aryl methyl sites for hydroxylation is 2. The van der Waals surface area contributed by atoms with E-state index in [0.717, 1.165) is 36.9 Å². The molecule has 1 amide bonds. The largest absolute Gasteiger partial charge is 0.368 e. The molecular formula is C26H32ClN5O. The van der Waals surface area contributed by atoms with E-state index in [0.29, 0.717) is 19.5 Å². The van der Waals surface area contributed by atoms with Crippen molar-refractivity contribution in [2.45, 2.75) is 32.4 Å². The van der Waals surface area contributed by atoms with Gasteiger partial charge in [-0.25, -0.2) is 4.98 Å². The van der Waals surface area contributed by atoms with Gasteiger partial charge in [0.1, 0.15) is 0 Å². The van der Waals surface area contributed by atoms with Crippen molar-refractivity contribution in [2.75, 3.05) is 37.6 Å². The minimum absolute atomic E-state index is 0.0718. The second kappa shape index (κ2) is 10.4. The Balaban J connectivity index is 1.38. The van der Waals surface area contributed by atoms with Crippen molar-refractivity contribution in [1.82, 2.24) is 19.8 Å². The van der Waals surface area contributed by atoms with E-state index in [4.69, 9.17) is 11.6 Å². The minimum atomic E-state index is -0.168. The number of anilines is 1. The molecule has 2 heterocycles. The molecular weight excluding hydrogens is 434 g/mol. The number of imidazole rings is 1. The van der Waals surface area contributed by atoms with Crippen molar-refractivity contribution >= 4 is 23.2 Å². The molecule has 0 spiro atoms. The summed E-state index contributed by atoms with van der Waals surface area (Å²) >= 11 is 6.10. The van der Waals surface area contributed by atoms with E-state index in [1.807, 2.05) is 29.8 Å². The summed E-state index contributed by atoms with van der Waals surface area (Å²) in [5, 5.41) is 3.85. The first-order chi connectivity index (χ1) is 15.9. The fraction of sp³-hybridized carbons (Fsp3) is 0.385. The molecule has 0 radical (unpaired) electrons. The molecule has 7 heteroatoms. The number of nitrogens with one attached hydrogen (secondary N) is 1. The smallest absolute Gasteiger partial charge is 0.221 e. The average Bonchev–Trinajstić information content (AvgIpc) is 3.25. The Morgan fingerprint density at radius 1 is 1.09 bits per heavy atom. The van der Waals surface area contributed by atoms with Gasteiger partial charge in [0.2, 0.25) is 5.91 Å². The maximum absolute atomic E-state index is 12.4. The average molecular weight is 466 g/mol. The van der Waals surface area contributed by atoms with Gasteiger partial charge in [-0.15, -0.1) is 0 Å². The zero-order valence-corrected chi connectivity index (χ0v) is 20.1. The van der Waals surface area contributed by atoms with Gasteiger partial charge in [0, 0.05) is 62.6 Å². The van der Waals surface area contributed by atoms with Gasteiger partial charge >= 0.3 is 0 Å². The summed E-state index contributed by atoms with van der Waals surface area (Å²) in [6.07, 6.45) is 4.18. The first-order valence-electron chi connectivity index (χ1n) is 11.5. The van der Waals surface area contributed by atoms with Gasteiger partial charge in [0.15, 0.2) is 0 Å². The zero-order valence-electron chi connectivity index (χ0n) is 19.4. The second-order valence-electron chi connectivity index (χ2n) is 8.88. The van der Waals surface area contributed by atoms with Crippen LogP contribution in [0.3, 0.4) is 0 Å². The molecule has 1 atom stereocenters. The van der Waals surface area contributed by atoms with Gasteiger partial charge in [-0.3, -0.25) is 9.69 Å². The van der Waals surface area contributed by atoms with Crippen LogP contribution in [0.1, 0.15) is 24.6 Å². The number of carbonyl (C=O) groups excluding carboxylic acids is 1. The Labute approximate surface area is 201 Å². The van der Waals surface area contributed by atoms with E-state index < -0.39 is 0 Å². The third kappa shape index (κ3) is 5.75. The fourth-order valence-corrected chi connectivity index (χ4v) is 4.71. The number of benzene rings is 2. The van der Waals surface area contributed by atoms with E-state index in [2.05, 4.69) is 69.5 Å². The number of piperazine rings is 1. The molecule has 1 fully saturated rings. The summed E-state index contributed by atoms with van der Waals surface area (Å²) in [7, 11) is 0. The normalized spacial score (nSPS) is 18.9. The predicted octanol–water partition coefficient (Wildman–Crippen LogP) is 4.09. The molecule has 2 aromatic carbocycles. The molecule has 0 aliphatic carbocycles. The first-order valence-corrected chi connectivity index (χ1v) is 11.9. The van der Waals surface area contributed by atoms with Crippen LogP contribution in [-0.4, -0.2) is 53.1 Å². The zero-order chi connectivity index (χ0) is 23.3. The van der Waals surface area contributed by atoms with Crippen LogP contribution < -0.4 is 10.2 Å². The molecule has 174 valence electrons. The first kappa shape index (κ1) is 23.3. The Bertz CT molecular complexity index is 1050. The summed E-state index contributed by atoms with van der Waals surface area (Å²) in [4.78, 5) is 21.5. The van der Waals surface area contributed by atoms with Crippen LogP contribution in [0, 0.1) is 6.92 Å². The van der Waals surface area contributed by atoms with Crippen molar-refractivity contribution in [2.24, 2.45) is 0 Å². The van der Waals surface area contributed by atoms with Crippen molar-refractivity contribution in [1.29, 1.82) is 0 Å². The number of carbonyl (C=O) groups is 1. The van der Waals surface area contributed by atoms with Crippen molar-refractivity contribution in [3.63, 3.8) is 0 Å². The van der Waals surface area contributed by atoms with Crippen LogP contribution >= 0.6 is 11.6 Å². The fourth-order valence-electron chi connectivity index (χ4n) is 4.58. The molecule has 0 saturated carbocycles. The number of hydrogen-bond donors (Lipinski definition) is 1. The second-order valence-corrected chi connectivity index (χ2v) is 9.31. The lowest BCUT2D eigenvalue weighted by atomic mass is 9.87. The van der Waals surface area contributed by atoms with Crippen molar-refractivity contribution in [3.8, 4) is 0 Å². The van der Waals surface area contributed by atoms with E-state index in [-0.39, 0.29) is 11.4 Å². The summed E-state index contributed by atoms with van der Waals surface area (Å²) in [5.74, 6) is 0.0718. The number of amides is 1. The molecule has 1 aromatic heterocycles. The Hall–Kier alpha value is -2.83. The predicted molar refractivity (Wildman–Crippen MR) is 134 cm³/mol. The highest BCUT2D eigenvalue weighted by Gasteiger charge is 2.39. The van der Waals surface area contributed by atoms with Gasteiger partial charge < -0.3 is 14.8 Å². The quantitative estimate of drug-likeness (QED) is 0.544. The number of halogens is 1. The van der Waals surface area contributed by atoms with Crippen LogP contribution in [-0.2, 0) is 16.9 Å². The molecule has 33 heavy (non-hydrogen) atoms. The van der Waals surface area contributed by atoms with Crippen LogP contribution in [0.25, 0.3) is 0 Å². The minimum Gasteiger partial charge on any atom is -0.368 e. The lowest BCUT2D eigenvalue weighted by molar-refractivity contribution is -0.121. The summed E-state index contributed by atoms with van der Waals surface area (Å²) in [6.45, 7) is 9.04. The lowest BCUT2D eigenvalue weighted by Crippen LogP contribution is -2.60. The van der Waals surface area contributed by atoms with Gasteiger partial charge in [0.25, 0.3) is 0 Å². The molecule has 1 unspecified atom stereocenters. The molecule has 1 aliphatic rings.